The molecule has 0 saturated heterocycles. The van der Waals surface area contributed by atoms with Crippen molar-refractivity contribution in [1.82, 2.24) is 9.88 Å². The molecule has 1 heterocycles. The number of amides is 1. The molecule has 0 atom stereocenters. The Balaban J connectivity index is 2.89. The van der Waals surface area contributed by atoms with Crippen LogP contribution in [0.1, 0.15) is 30.6 Å². The fourth-order valence-electron chi connectivity index (χ4n) is 1.86. The van der Waals surface area contributed by atoms with E-state index < -0.39 is 0 Å². The average Bonchev–Trinajstić information content (AvgIpc) is 2.46. The normalized spacial score (nSPS) is 10.1. The molecule has 0 unspecified atom stereocenters. The zero-order valence-corrected chi connectivity index (χ0v) is 13.1. The molecule has 1 aromatic heterocycles. The van der Waals surface area contributed by atoms with Crippen molar-refractivity contribution < 1.29 is 14.3 Å². The number of rotatable bonds is 7. The molecule has 0 radical (unpaired) electrons. The van der Waals surface area contributed by atoms with E-state index in [9.17, 15) is 9.59 Å². The lowest BCUT2D eigenvalue weighted by Crippen LogP contribution is -2.37. The summed E-state index contributed by atoms with van der Waals surface area (Å²) >= 11 is 0. The number of aromatic nitrogens is 1. The van der Waals surface area contributed by atoms with E-state index in [1.807, 2.05) is 25.9 Å². The Morgan fingerprint density at radius 3 is 2.57 bits per heavy atom. The summed E-state index contributed by atoms with van der Waals surface area (Å²) in [5, 5.41) is 0. The molecule has 0 aromatic carbocycles. The van der Waals surface area contributed by atoms with Crippen molar-refractivity contribution in [2.24, 2.45) is 0 Å². The number of esters is 1. The van der Waals surface area contributed by atoms with Gasteiger partial charge >= 0.3 is 5.97 Å². The van der Waals surface area contributed by atoms with Gasteiger partial charge in [0.25, 0.3) is 5.91 Å². The molecule has 0 aliphatic heterocycles. The molecule has 0 aliphatic rings. The van der Waals surface area contributed by atoms with E-state index in [4.69, 9.17) is 4.74 Å². The number of carbonyl (C=O) groups excluding carboxylic acids is 2. The lowest BCUT2D eigenvalue weighted by atomic mass is 10.2. The summed E-state index contributed by atoms with van der Waals surface area (Å²) in [6.45, 7) is 4.50. The van der Waals surface area contributed by atoms with Crippen LogP contribution in [0.2, 0.25) is 0 Å². The molecule has 0 aliphatic carbocycles. The van der Waals surface area contributed by atoms with Crippen LogP contribution < -0.4 is 4.90 Å². The maximum atomic E-state index is 12.5. The Labute approximate surface area is 125 Å². The largest absolute Gasteiger partial charge is 0.465 e. The summed E-state index contributed by atoms with van der Waals surface area (Å²) in [5.41, 5.74) is 0.520. The second kappa shape index (κ2) is 8.24. The minimum atomic E-state index is -0.388. The third kappa shape index (κ3) is 5.06. The van der Waals surface area contributed by atoms with E-state index in [1.165, 1.54) is 4.90 Å². The molecule has 0 N–H and O–H groups in total. The van der Waals surface area contributed by atoms with Gasteiger partial charge in [-0.3, -0.25) is 9.59 Å². The van der Waals surface area contributed by atoms with Crippen LogP contribution in [0.3, 0.4) is 0 Å². The van der Waals surface area contributed by atoms with Crippen LogP contribution in [0.5, 0.6) is 0 Å². The zero-order chi connectivity index (χ0) is 15.8. The number of ether oxygens (including phenoxy) is 1. The van der Waals surface area contributed by atoms with Gasteiger partial charge in [0.05, 0.1) is 6.61 Å². The molecular formula is C15H23N3O3. The third-order valence-electron chi connectivity index (χ3n) is 2.86. The van der Waals surface area contributed by atoms with Crippen LogP contribution >= 0.6 is 0 Å². The molecule has 1 amide bonds. The lowest BCUT2D eigenvalue weighted by molar-refractivity contribution is -0.143. The molecular weight excluding hydrogens is 270 g/mol. The van der Waals surface area contributed by atoms with Gasteiger partial charge in [0.2, 0.25) is 0 Å². The van der Waals surface area contributed by atoms with Gasteiger partial charge in [0, 0.05) is 32.4 Å². The second-order valence-electron chi connectivity index (χ2n) is 4.83. The van der Waals surface area contributed by atoms with Crippen molar-refractivity contribution in [1.29, 1.82) is 0 Å². The second-order valence-corrected chi connectivity index (χ2v) is 4.83. The average molecular weight is 293 g/mol. The third-order valence-corrected chi connectivity index (χ3v) is 2.86. The van der Waals surface area contributed by atoms with Crippen LogP contribution in [0.15, 0.2) is 18.3 Å². The van der Waals surface area contributed by atoms with Crippen molar-refractivity contribution >= 4 is 17.7 Å². The van der Waals surface area contributed by atoms with E-state index in [2.05, 4.69) is 4.98 Å². The summed E-state index contributed by atoms with van der Waals surface area (Å²) in [7, 11) is 3.72. The van der Waals surface area contributed by atoms with Crippen LogP contribution in [-0.2, 0) is 9.53 Å². The molecule has 0 spiro atoms. The number of hydrogen-bond donors (Lipinski definition) is 0. The first kappa shape index (κ1) is 16.9. The highest BCUT2D eigenvalue weighted by Crippen LogP contribution is 2.12. The highest BCUT2D eigenvalue weighted by atomic mass is 16.5. The monoisotopic (exact) mass is 293 g/mol. The Kier molecular flexibility index (Phi) is 6.65. The van der Waals surface area contributed by atoms with Crippen molar-refractivity contribution in [2.75, 3.05) is 38.7 Å². The Bertz CT molecular complexity index is 489. The fraction of sp³-hybridized carbons (Fsp3) is 0.533. The van der Waals surface area contributed by atoms with Crippen molar-refractivity contribution in [3.8, 4) is 0 Å². The molecule has 1 rings (SSSR count). The first-order chi connectivity index (χ1) is 9.99. The topological polar surface area (TPSA) is 62.7 Å². The quantitative estimate of drug-likeness (QED) is 0.714. The number of hydrogen-bond acceptors (Lipinski definition) is 5. The van der Waals surface area contributed by atoms with Crippen LogP contribution in [0.4, 0.5) is 5.82 Å². The summed E-state index contributed by atoms with van der Waals surface area (Å²) in [6, 6.07) is 3.37. The maximum absolute atomic E-state index is 12.5. The van der Waals surface area contributed by atoms with Gasteiger partial charge < -0.3 is 14.5 Å². The zero-order valence-electron chi connectivity index (χ0n) is 13.1. The van der Waals surface area contributed by atoms with Gasteiger partial charge in [-0.2, -0.15) is 0 Å². The summed E-state index contributed by atoms with van der Waals surface area (Å²) in [6.07, 6.45) is 2.37. The molecule has 116 valence electrons. The Morgan fingerprint density at radius 2 is 2.00 bits per heavy atom. The summed E-state index contributed by atoms with van der Waals surface area (Å²) in [5.74, 6) is 0.130. The van der Waals surface area contributed by atoms with Gasteiger partial charge in [-0.1, -0.05) is 6.92 Å². The predicted molar refractivity (Wildman–Crippen MR) is 81.4 cm³/mol. The van der Waals surface area contributed by atoms with E-state index in [1.54, 1.807) is 25.3 Å². The first-order valence-electron chi connectivity index (χ1n) is 7.07. The van der Waals surface area contributed by atoms with Gasteiger partial charge in [0.1, 0.15) is 12.4 Å². The van der Waals surface area contributed by atoms with Gasteiger partial charge in [0.15, 0.2) is 0 Å². The highest BCUT2D eigenvalue weighted by Gasteiger charge is 2.19. The molecule has 21 heavy (non-hydrogen) atoms. The Hall–Kier alpha value is -2.11. The number of anilines is 1. The van der Waals surface area contributed by atoms with Crippen molar-refractivity contribution in [3.63, 3.8) is 0 Å². The number of nitrogens with zero attached hydrogens (tertiary/aromatic N) is 3. The van der Waals surface area contributed by atoms with Crippen molar-refractivity contribution in [2.45, 2.75) is 20.3 Å². The van der Waals surface area contributed by atoms with E-state index in [-0.39, 0.29) is 18.4 Å². The maximum Gasteiger partial charge on any atom is 0.325 e. The number of carbonyl (C=O) groups is 2. The minimum absolute atomic E-state index is 0.0276. The molecule has 6 heteroatoms. The van der Waals surface area contributed by atoms with Gasteiger partial charge in [-0.25, -0.2) is 4.98 Å². The standard InChI is InChI=1S/C15H23N3O3/c1-5-9-18(11-14(19)21-6-2)15(20)12-7-8-16-13(10-12)17(3)4/h7-8,10H,5-6,9,11H2,1-4H3. The predicted octanol–water partition coefficient (Wildman–Crippen LogP) is 1.56. The summed E-state index contributed by atoms with van der Waals surface area (Å²) in [4.78, 5) is 31.6. The smallest absolute Gasteiger partial charge is 0.325 e. The van der Waals surface area contributed by atoms with Gasteiger partial charge in [-0.15, -0.1) is 0 Å². The van der Waals surface area contributed by atoms with Gasteiger partial charge in [-0.05, 0) is 25.5 Å². The Morgan fingerprint density at radius 1 is 1.29 bits per heavy atom. The molecule has 1 aromatic rings. The minimum Gasteiger partial charge on any atom is -0.465 e. The first-order valence-corrected chi connectivity index (χ1v) is 7.07. The molecule has 6 nitrogen and oxygen atoms in total. The van der Waals surface area contributed by atoms with Crippen LogP contribution in [0, 0.1) is 0 Å². The van der Waals surface area contributed by atoms with Crippen LogP contribution in [-0.4, -0.2) is 55.6 Å². The molecule has 0 bridgehead atoms. The van der Waals surface area contributed by atoms with Crippen LogP contribution in [0.25, 0.3) is 0 Å². The van der Waals surface area contributed by atoms with E-state index in [0.717, 1.165) is 6.42 Å². The molecule has 0 saturated carbocycles. The number of pyridine rings is 1. The lowest BCUT2D eigenvalue weighted by Gasteiger charge is -2.21. The highest BCUT2D eigenvalue weighted by molar-refractivity contribution is 5.96. The molecule has 0 fully saturated rings. The SMILES string of the molecule is CCCN(CC(=O)OCC)C(=O)c1ccnc(N(C)C)c1. The van der Waals surface area contributed by atoms with E-state index >= 15 is 0 Å². The van der Waals surface area contributed by atoms with Crippen molar-refractivity contribution in [3.05, 3.63) is 23.9 Å². The summed E-state index contributed by atoms with van der Waals surface area (Å²) < 4.78 is 4.91. The fourth-order valence-corrected chi connectivity index (χ4v) is 1.86. The van der Waals surface area contributed by atoms with E-state index in [0.29, 0.717) is 24.5 Å².